The van der Waals surface area contributed by atoms with Gasteiger partial charge in [-0.3, -0.25) is 4.90 Å². The van der Waals surface area contributed by atoms with E-state index in [4.69, 9.17) is 0 Å². The molecule has 2 unspecified atom stereocenters. The van der Waals surface area contributed by atoms with Crippen LogP contribution in [-0.2, 0) is 6.54 Å². The third kappa shape index (κ3) is 3.15. The van der Waals surface area contributed by atoms with Gasteiger partial charge in [-0.2, -0.15) is 0 Å². The molecule has 0 spiro atoms. The molecule has 2 heterocycles. The minimum atomic E-state index is 0.379. The summed E-state index contributed by atoms with van der Waals surface area (Å²) >= 11 is 0. The maximum atomic E-state index is 9.63. The molecule has 0 radical (unpaired) electrons. The maximum absolute atomic E-state index is 9.63. The summed E-state index contributed by atoms with van der Waals surface area (Å²) < 4.78 is 0. The van der Waals surface area contributed by atoms with E-state index in [0.29, 0.717) is 11.8 Å². The Balaban J connectivity index is 1.69. The quantitative estimate of drug-likeness (QED) is 0.866. The number of rotatable bonds is 5. The van der Waals surface area contributed by atoms with Gasteiger partial charge in [0.15, 0.2) is 0 Å². The number of hydrogen-bond donors (Lipinski definition) is 2. The molecule has 0 amide bonds. The summed E-state index contributed by atoms with van der Waals surface area (Å²) in [5.74, 6) is 0.379. The van der Waals surface area contributed by atoms with Gasteiger partial charge in [0.05, 0.1) is 0 Å². The first-order valence-corrected chi connectivity index (χ1v) is 8.02. The molecular weight excluding hydrogens is 248 g/mol. The topological polar surface area (TPSA) is 35.5 Å². The van der Waals surface area contributed by atoms with Crippen LogP contribution >= 0.6 is 0 Å². The van der Waals surface area contributed by atoms with E-state index < -0.39 is 0 Å². The Hall–Kier alpha value is -1.06. The Morgan fingerprint density at radius 1 is 1.25 bits per heavy atom. The lowest BCUT2D eigenvalue weighted by atomic mass is 9.97. The van der Waals surface area contributed by atoms with E-state index in [2.05, 4.69) is 23.2 Å². The summed E-state index contributed by atoms with van der Waals surface area (Å²) in [5, 5.41) is 13.4. The van der Waals surface area contributed by atoms with Crippen LogP contribution in [0.25, 0.3) is 0 Å². The third-order valence-electron chi connectivity index (χ3n) is 4.77. The SMILES string of the molecule is CCCN(Cc1cccc(O)c1)C1CC2CCC(C1)N2. The molecule has 2 fully saturated rings. The van der Waals surface area contributed by atoms with Gasteiger partial charge in [0.2, 0.25) is 0 Å². The van der Waals surface area contributed by atoms with E-state index in [1.54, 1.807) is 6.07 Å². The molecule has 2 saturated heterocycles. The van der Waals surface area contributed by atoms with E-state index >= 15 is 0 Å². The molecule has 0 aliphatic carbocycles. The number of hydrogen-bond acceptors (Lipinski definition) is 3. The molecular formula is C17H26N2O. The van der Waals surface area contributed by atoms with Crippen LogP contribution in [0.5, 0.6) is 5.75 Å². The second-order valence-corrected chi connectivity index (χ2v) is 6.40. The first kappa shape index (κ1) is 13.9. The molecule has 3 nitrogen and oxygen atoms in total. The van der Waals surface area contributed by atoms with Gasteiger partial charge < -0.3 is 10.4 Å². The summed E-state index contributed by atoms with van der Waals surface area (Å²) in [7, 11) is 0. The van der Waals surface area contributed by atoms with Crippen LogP contribution in [0, 0.1) is 0 Å². The number of phenols is 1. The number of phenolic OH excluding ortho intramolecular Hbond substituents is 1. The lowest BCUT2D eigenvalue weighted by Crippen LogP contribution is -2.48. The van der Waals surface area contributed by atoms with Crippen molar-refractivity contribution in [3.05, 3.63) is 29.8 Å². The van der Waals surface area contributed by atoms with Crippen LogP contribution in [-0.4, -0.2) is 34.7 Å². The normalized spacial score (nSPS) is 29.0. The predicted molar refractivity (Wildman–Crippen MR) is 81.8 cm³/mol. The van der Waals surface area contributed by atoms with Crippen LogP contribution in [0.4, 0.5) is 0 Å². The van der Waals surface area contributed by atoms with Crippen molar-refractivity contribution in [1.29, 1.82) is 0 Å². The lowest BCUT2D eigenvalue weighted by Gasteiger charge is -2.38. The summed E-state index contributed by atoms with van der Waals surface area (Å²) in [4.78, 5) is 2.63. The number of fused-ring (bicyclic) bond motifs is 2. The molecule has 3 rings (SSSR count). The zero-order chi connectivity index (χ0) is 13.9. The number of nitrogens with zero attached hydrogens (tertiary/aromatic N) is 1. The Morgan fingerprint density at radius 2 is 2.00 bits per heavy atom. The first-order chi connectivity index (χ1) is 9.74. The average Bonchev–Trinajstić information content (AvgIpc) is 2.77. The predicted octanol–water partition coefficient (Wildman–Crippen LogP) is 2.89. The fourth-order valence-electron chi connectivity index (χ4n) is 3.89. The number of benzene rings is 1. The molecule has 1 aromatic carbocycles. The largest absolute Gasteiger partial charge is 0.508 e. The van der Waals surface area contributed by atoms with Crippen LogP contribution < -0.4 is 5.32 Å². The van der Waals surface area contributed by atoms with Gasteiger partial charge in [0.1, 0.15) is 5.75 Å². The van der Waals surface area contributed by atoms with Gasteiger partial charge in [-0.1, -0.05) is 19.1 Å². The zero-order valence-electron chi connectivity index (χ0n) is 12.4. The molecule has 2 bridgehead atoms. The summed E-state index contributed by atoms with van der Waals surface area (Å²) in [6.07, 6.45) is 6.48. The van der Waals surface area contributed by atoms with Crippen molar-refractivity contribution < 1.29 is 5.11 Å². The highest BCUT2D eigenvalue weighted by atomic mass is 16.3. The van der Waals surface area contributed by atoms with Gasteiger partial charge in [-0.25, -0.2) is 0 Å². The smallest absolute Gasteiger partial charge is 0.115 e. The Morgan fingerprint density at radius 3 is 2.65 bits per heavy atom. The Kier molecular flexibility index (Phi) is 4.27. The van der Waals surface area contributed by atoms with Crippen molar-refractivity contribution in [3.8, 4) is 5.75 Å². The highest BCUT2D eigenvalue weighted by molar-refractivity contribution is 5.27. The standard InChI is InChI=1S/C17H26N2O/c1-2-8-19(12-13-4-3-5-17(20)9-13)16-10-14-6-7-15(11-16)18-14/h3-5,9,14-16,18,20H,2,6-8,10-12H2,1H3. The highest BCUT2D eigenvalue weighted by Gasteiger charge is 2.35. The molecule has 2 aliphatic rings. The Bertz CT molecular complexity index is 436. The van der Waals surface area contributed by atoms with Crippen LogP contribution in [0.2, 0.25) is 0 Å². The van der Waals surface area contributed by atoms with Crippen LogP contribution in [0.1, 0.15) is 44.6 Å². The van der Waals surface area contributed by atoms with Crippen molar-refractivity contribution in [1.82, 2.24) is 10.2 Å². The molecule has 20 heavy (non-hydrogen) atoms. The van der Waals surface area contributed by atoms with Crippen molar-refractivity contribution >= 4 is 0 Å². The average molecular weight is 274 g/mol. The monoisotopic (exact) mass is 274 g/mol. The van der Waals surface area contributed by atoms with E-state index in [9.17, 15) is 5.11 Å². The van der Waals surface area contributed by atoms with Crippen molar-refractivity contribution in [2.75, 3.05) is 6.54 Å². The minimum absolute atomic E-state index is 0.379. The van der Waals surface area contributed by atoms with Crippen molar-refractivity contribution in [3.63, 3.8) is 0 Å². The number of aromatic hydroxyl groups is 1. The maximum Gasteiger partial charge on any atom is 0.115 e. The van der Waals surface area contributed by atoms with Gasteiger partial charge in [0, 0.05) is 24.7 Å². The highest BCUT2D eigenvalue weighted by Crippen LogP contribution is 2.30. The van der Waals surface area contributed by atoms with Gasteiger partial charge in [0.25, 0.3) is 0 Å². The van der Waals surface area contributed by atoms with E-state index in [1.165, 1.54) is 37.7 Å². The number of nitrogens with one attached hydrogen (secondary N) is 1. The second-order valence-electron chi connectivity index (χ2n) is 6.40. The lowest BCUT2D eigenvalue weighted by molar-refractivity contribution is 0.134. The second kappa shape index (κ2) is 6.15. The third-order valence-corrected chi connectivity index (χ3v) is 4.77. The summed E-state index contributed by atoms with van der Waals surface area (Å²) in [6, 6.07) is 9.90. The molecule has 1 aromatic rings. The molecule has 0 aromatic heterocycles. The molecule has 2 N–H and O–H groups in total. The molecule has 0 saturated carbocycles. The number of piperidine rings is 1. The fourth-order valence-corrected chi connectivity index (χ4v) is 3.89. The Labute approximate surface area is 122 Å². The van der Waals surface area contributed by atoms with E-state index in [0.717, 1.165) is 25.2 Å². The molecule has 2 atom stereocenters. The minimum Gasteiger partial charge on any atom is -0.508 e. The molecule has 3 heteroatoms. The summed E-state index contributed by atoms with van der Waals surface area (Å²) in [6.45, 7) is 4.37. The molecule has 2 aliphatic heterocycles. The van der Waals surface area contributed by atoms with Crippen LogP contribution in [0.3, 0.4) is 0 Å². The van der Waals surface area contributed by atoms with Crippen LogP contribution in [0.15, 0.2) is 24.3 Å². The first-order valence-electron chi connectivity index (χ1n) is 8.02. The van der Waals surface area contributed by atoms with Gasteiger partial charge >= 0.3 is 0 Å². The van der Waals surface area contributed by atoms with Crippen molar-refractivity contribution in [2.45, 2.75) is 63.7 Å². The zero-order valence-corrected chi connectivity index (χ0v) is 12.4. The van der Waals surface area contributed by atoms with Crippen molar-refractivity contribution in [2.24, 2.45) is 0 Å². The summed E-state index contributed by atoms with van der Waals surface area (Å²) in [5.41, 5.74) is 1.23. The fraction of sp³-hybridized carbons (Fsp3) is 0.647. The van der Waals surface area contributed by atoms with Gasteiger partial charge in [-0.15, -0.1) is 0 Å². The van der Waals surface area contributed by atoms with Gasteiger partial charge in [-0.05, 0) is 56.3 Å². The molecule has 110 valence electrons. The van der Waals surface area contributed by atoms with E-state index in [1.807, 2.05) is 12.1 Å². The van der Waals surface area contributed by atoms with E-state index in [-0.39, 0.29) is 0 Å².